The Morgan fingerprint density at radius 1 is 1.04 bits per heavy atom. The number of carbonyl (C=O) groups is 2. The maximum absolute atomic E-state index is 9.10. The van der Waals surface area contributed by atoms with Crippen LogP contribution in [0.1, 0.15) is 19.4 Å². The highest BCUT2D eigenvalue weighted by Crippen LogP contribution is 2.28. The summed E-state index contributed by atoms with van der Waals surface area (Å²) in [6.45, 7) is 5.21. The van der Waals surface area contributed by atoms with Gasteiger partial charge in [0.1, 0.15) is 5.75 Å². The van der Waals surface area contributed by atoms with Crippen LogP contribution >= 0.6 is 0 Å². The highest BCUT2D eigenvalue weighted by atomic mass is 16.5. The van der Waals surface area contributed by atoms with Crippen molar-refractivity contribution in [3.63, 3.8) is 0 Å². The second-order valence-corrected chi connectivity index (χ2v) is 5.12. The minimum atomic E-state index is -1.82. The van der Waals surface area contributed by atoms with Gasteiger partial charge in [-0.15, -0.1) is 0 Å². The number of ether oxygens (including phenoxy) is 1. The summed E-state index contributed by atoms with van der Waals surface area (Å²) < 4.78 is 5.39. The van der Waals surface area contributed by atoms with E-state index >= 15 is 0 Å². The van der Waals surface area contributed by atoms with E-state index in [9.17, 15) is 0 Å². The Labute approximate surface area is 134 Å². The van der Waals surface area contributed by atoms with Crippen molar-refractivity contribution in [3.05, 3.63) is 42.0 Å². The molecule has 6 heteroatoms. The molecule has 0 radical (unpaired) electrons. The Kier molecular flexibility index (Phi) is 7.02. The topological polar surface area (TPSA) is 95.9 Å². The standard InChI is InChI=1S/C15H19NO.C2H2O4/c1-11(2)16-10-12-8-9-15(17-3)14-7-5-4-6-13(12)14;3-1(4)2(5)6/h4-9,11,16H,10H2,1-3H3;(H,3,4)(H,5,6). The Hall–Kier alpha value is -2.60. The zero-order valence-electron chi connectivity index (χ0n) is 13.4. The van der Waals surface area contributed by atoms with E-state index in [1.165, 1.54) is 16.3 Å². The largest absolute Gasteiger partial charge is 0.496 e. The fourth-order valence-electron chi connectivity index (χ4n) is 1.98. The lowest BCUT2D eigenvalue weighted by Gasteiger charge is -2.12. The zero-order chi connectivity index (χ0) is 17.4. The molecule has 0 heterocycles. The first-order valence-electron chi connectivity index (χ1n) is 7.11. The van der Waals surface area contributed by atoms with Crippen molar-refractivity contribution in [1.29, 1.82) is 0 Å². The smallest absolute Gasteiger partial charge is 0.414 e. The predicted molar refractivity (Wildman–Crippen MR) is 87.7 cm³/mol. The van der Waals surface area contributed by atoms with E-state index in [4.69, 9.17) is 24.5 Å². The van der Waals surface area contributed by atoms with Gasteiger partial charge in [-0.2, -0.15) is 0 Å². The summed E-state index contributed by atoms with van der Waals surface area (Å²) in [5.74, 6) is -2.71. The molecule has 0 spiro atoms. The van der Waals surface area contributed by atoms with Crippen LogP contribution in [0.5, 0.6) is 5.75 Å². The van der Waals surface area contributed by atoms with E-state index < -0.39 is 11.9 Å². The molecule has 0 unspecified atom stereocenters. The number of carboxylic acid groups (broad SMARTS) is 2. The van der Waals surface area contributed by atoms with Crippen LogP contribution in [0.4, 0.5) is 0 Å². The second kappa shape index (κ2) is 8.75. The monoisotopic (exact) mass is 319 g/mol. The van der Waals surface area contributed by atoms with Crippen LogP contribution in [0.2, 0.25) is 0 Å². The first kappa shape index (κ1) is 18.4. The number of methoxy groups -OCH3 is 1. The van der Waals surface area contributed by atoms with Gasteiger partial charge in [0.2, 0.25) is 0 Å². The quantitative estimate of drug-likeness (QED) is 0.749. The van der Waals surface area contributed by atoms with Crippen LogP contribution < -0.4 is 10.1 Å². The van der Waals surface area contributed by atoms with Crippen LogP contribution in [-0.4, -0.2) is 35.3 Å². The van der Waals surface area contributed by atoms with E-state index in [1.54, 1.807) is 7.11 Å². The fourth-order valence-corrected chi connectivity index (χ4v) is 1.98. The van der Waals surface area contributed by atoms with Crippen molar-refractivity contribution in [1.82, 2.24) is 5.32 Å². The molecule has 3 N–H and O–H groups in total. The lowest BCUT2D eigenvalue weighted by molar-refractivity contribution is -0.159. The molecule has 23 heavy (non-hydrogen) atoms. The van der Waals surface area contributed by atoms with Crippen molar-refractivity contribution in [2.24, 2.45) is 0 Å². The van der Waals surface area contributed by atoms with Crippen molar-refractivity contribution >= 4 is 22.7 Å². The number of aliphatic carboxylic acids is 2. The molecule has 0 aromatic heterocycles. The summed E-state index contributed by atoms with van der Waals surface area (Å²) in [6, 6.07) is 13.0. The number of nitrogens with one attached hydrogen (secondary N) is 1. The van der Waals surface area contributed by atoms with Gasteiger partial charge in [-0.05, 0) is 17.0 Å². The molecule has 0 atom stereocenters. The maximum atomic E-state index is 9.10. The van der Waals surface area contributed by atoms with Gasteiger partial charge in [0, 0.05) is 18.0 Å². The van der Waals surface area contributed by atoms with Crippen LogP contribution in [0.25, 0.3) is 10.8 Å². The Morgan fingerprint density at radius 2 is 1.61 bits per heavy atom. The minimum Gasteiger partial charge on any atom is -0.496 e. The third-order valence-corrected chi connectivity index (χ3v) is 3.08. The highest BCUT2D eigenvalue weighted by Gasteiger charge is 2.06. The highest BCUT2D eigenvalue weighted by molar-refractivity contribution is 6.27. The van der Waals surface area contributed by atoms with Crippen molar-refractivity contribution in [2.75, 3.05) is 7.11 Å². The lowest BCUT2D eigenvalue weighted by Crippen LogP contribution is -2.21. The Balaban J connectivity index is 0.000000379. The van der Waals surface area contributed by atoms with Gasteiger partial charge >= 0.3 is 11.9 Å². The average Bonchev–Trinajstić information content (AvgIpc) is 2.52. The fraction of sp³-hybridized carbons (Fsp3) is 0.294. The summed E-state index contributed by atoms with van der Waals surface area (Å²) >= 11 is 0. The van der Waals surface area contributed by atoms with Gasteiger partial charge in [-0.3, -0.25) is 0 Å². The number of fused-ring (bicyclic) bond motifs is 1. The van der Waals surface area contributed by atoms with Gasteiger partial charge in [-0.25, -0.2) is 9.59 Å². The third-order valence-electron chi connectivity index (χ3n) is 3.08. The van der Waals surface area contributed by atoms with E-state index in [0.717, 1.165) is 12.3 Å². The normalized spacial score (nSPS) is 10.1. The zero-order valence-corrected chi connectivity index (χ0v) is 13.4. The molecule has 6 nitrogen and oxygen atoms in total. The number of rotatable bonds is 4. The molecular weight excluding hydrogens is 298 g/mol. The van der Waals surface area contributed by atoms with Crippen molar-refractivity contribution in [3.8, 4) is 5.75 Å². The maximum Gasteiger partial charge on any atom is 0.414 e. The SMILES string of the molecule is COc1ccc(CNC(C)C)c2ccccc12.O=C(O)C(=O)O. The number of hydrogen-bond donors (Lipinski definition) is 3. The lowest BCUT2D eigenvalue weighted by atomic mass is 10.0. The molecule has 0 saturated carbocycles. The van der Waals surface area contributed by atoms with Crippen molar-refractivity contribution in [2.45, 2.75) is 26.4 Å². The Bertz CT molecular complexity index is 670. The molecule has 0 aliphatic carbocycles. The number of benzene rings is 2. The van der Waals surface area contributed by atoms with E-state index in [0.29, 0.717) is 6.04 Å². The van der Waals surface area contributed by atoms with Crippen LogP contribution in [-0.2, 0) is 16.1 Å². The molecule has 0 fully saturated rings. The first-order chi connectivity index (χ1) is 10.9. The second-order valence-electron chi connectivity index (χ2n) is 5.12. The molecule has 0 saturated heterocycles. The van der Waals surface area contributed by atoms with Crippen molar-refractivity contribution < 1.29 is 24.5 Å². The molecule has 0 aliphatic heterocycles. The van der Waals surface area contributed by atoms with E-state index in [1.807, 2.05) is 12.1 Å². The minimum absolute atomic E-state index is 0.496. The van der Waals surface area contributed by atoms with E-state index in [2.05, 4.69) is 43.4 Å². The summed E-state index contributed by atoms with van der Waals surface area (Å²) in [7, 11) is 1.72. The van der Waals surface area contributed by atoms with Crippen LogP contribution in [0.15, 0.2) is 36.4 Å². The average molecular weight is 319 g/mol. The van der Waals surface area contributed by atoms with Gasteiger partial charge in [-0.1, -0.05) is 44.2 Å². The predicted octanol–water partition coefficient (Wildman–Crippen LogP) is 2.50. The van der Waals surface area contributed by atoms with Gasteiger partial charge in [0.15, 0.2) is 0 Å². The molecular formula is C17H21NO5. The number of carboxylic acids is 2. The molecule has 2 aromatic rings. The summed E-state index contributed by atoms with van der Waals surface area (Å²) in [4.78, 5) is 18.2. The van der Waals surface area contributed by atoms with Gasteiger partial charge < -0.3 is 20.3 Å². The first-order valence-corrected chi connectivity index (χ1v) is 7.11. The Morgan fingerprint density at radius 3 is 2.09 bits per heavy atom. The van der Waals surface area contributed by atoms with Crippen LogP contribution in [0, 0.1) is 0 Å². The molecule has 124 valence electrons. The van der Waals surface area contributed by atoms with E-state index in [-0.39, 0.29) is 0 Å². The summed E-state index contributed by atoms with van der Waals surface area (Å²) in [5, 5.41) is 20.7. The molecule has 2 rings (SSSR count). The van der Waals surface area contributed by atoms with Gasteiger partial charge in [0.25, 0.3) is 0 Å². The third kappa shape index (κ3) is 5.60. The molecule has 0 aliphatic rings. The molecule has 2 aromatic carbocycles. The summed E-state index contributed by atoms with van der Waals surface area (Å²) in [5.41, 5.74) is 1.31. The number of hydrogen-bond acceptors (Lipinski definition) is 4. The molecule has 0 amide bonds. The molecule has 0 bridgehead atoms. The van der Waals surface area contributed by atoms with Crippen LogP contribution in [0.3, 0.4) is 0 Å². The summed E-state index contributed by atoms with van der Waals surface area (Å²) in [6.07, 6.45) is 0. The van der Waals surface area contributed by atoms with Gasteiger partial charge in [0.05, 0.1) is 7.11 Å².